The number of rotatable bonds is 3. The van der Waals surface area contributed by atoms with Crippen LogP contribution in [0, 0.1) is 17.9 Å². The quantitative estimate of drug-likeness (QED) is 0.109. The topological polar surface area (TPSA) is 45.5 Å². The molecular weight excluding hydrogens is 621 g/mol. The summed E-state index contributed by atoms with van der Waals surface area (Å²) in [6.45, 7) is 7.68. The second-order valence-electron chi connectivity index (χ2n) is 12.9. The third-order valence-corrected chi connectivity index (χ3v) is 10.2. The number of aromatic nitrogens is 2. The van der Waals surface area contributed by atoms with Crippen molar-refractivity contribution in [1.82, 2.24) is 9.38 Å². The largest absolute Gasteiger partial charge is 0.293 e. The number of hydrogen-bond acceptors (Lipinski definition) is 2. The number of fused-ring (bicyclic) bond motifs is 10. The van der Waals surface area contributed by atoms with E-state index in [1.807, 2.05) is 42.5 Å². The van der Waals surface area contributed by atoms with Crippen LogP contribution in [0.5, 0.6) is 0 Å². The number of benzene rings is 8. The minimum absolute atomic E-state index is 0.609. The van der Waals surface area contributed by atoms with Gasteiger partial charge < -0.3 is 0 Å². The van der Waals surface area contributed by atoms with Crippen molar-refractivity contribution in [1.29, 1.82) is 5.26 Å². The van der Waals surface area contributed by atoms with Crippen LogP contribution in [0.15, 0.2) is 158 Å². The lowest BCUT2D eigenvalue weighted by Gasteiger charge is -2.18. The van der Waals surface area contributed by atoms with Crippen LogP contribution in [0.25, 0.3) is 98.1 Å². The van der Waals surface area contributed by atoms with Crippen molar-refractivity contribution in [3.63, 3.8) is 0 Å². The molecule has 2 aromatic heterocycles. The molecule has 2 heterocycles. The summed E-state index contributed by atoms with van der Waals surface area (Å²) in [5, 5.41) is 17.4. The predicted molar refractivity (Wildman–Crippen MR) is 210 cm³/mol. The Balaban J connectivity index is 1.15. The molecule has 0 aliphatic carbocycles. The standard InChI is InChI=1S/C47H26N4/c1-49-34-23-25-35-41-26-33(22-24-40(41)47-50-42-12-6-7-13-43(42)51(47)44(35)27-34)30-18-20-32(21-19-30)46-38-10-4-2-8-36(38)45(37-9-3-5-11-39(37)46)31-16-14-29(28-48)15-17-31/h2-27H. The smallest absolute Gasteiger partial charge is 0.189 e. The Morgan fingerprint density at radius 1 is 0.490 bits per heavy atom. The molecule has 0 N–H and O–H groups in total. The van der Waals surface area contributed by atoms with Crippen molar-refractivity contribution < 1.29 is 0 Å². The second kappa shape index (κ2) is 11.1. The Morgan fingerprint density at radius 3 is 1.67 bits per heavy atom. The molecular formula is C47H26N4. The maximum atomic E-state index is 9.40. The first-order chi connectivity index (χ1) is 25.2. The van der Waals surface area contributed by atoms with Crippen LogP contribution < -0.4 is 0 Å². The summed E-state index contributed by atoms with van der Waals surface area (Å²) in [7, 11) is 0. The molecule has 234 valence electrons. The molecule has 0 bridgehead atoms. The molecule has 0 aliphatic rings. The molecule has 0 aliphatic heterocycles. The molecule has 8 aromatic carbocycles. The number of para-hydroxylation sites is 2. The summed E-state index contributed by atoms with van der Waals surface area (Å²) >= 11 is 0. The Hall–Kier alpha value is -7.27. The Labute approximate surface area is 293 Å². The van der Waals surface area contributed by atoms with E-state index in [-0.39, 0.29) is 0 Å². The van der Waals surface area contributed by atoms with Crippen LogP contribution in [0.3, 0.4) is 0 Å². The first-order valence-electron chi connectivity index (χ1n) is 16.9. The van der Waals surface area contributed by atoms with Crippen LogP contribution >= 0.6 is 0 Å². The van der Waals surface area contributed by atoms with Crippen molar-refractivity contribution in [2.24, 2.45) is 0 Å². The van der Waals surface area contributed by atoms with Gasteiger partial charge in [-0.1, -0.05) is 115 Å². The fourth-order valence-corrected chi connectivity index (χ4v) is 7.89. The molecule has 0 spiro atoms. The van der Waals surface area contributed by atoms with E-state index in [0.29, 0.717) is 11.3 Å². The summed E-state index contributed by atoms with van der Waals surface area (Å²) in [4.78, 5) is 8.79. The highest BCUT2D eigenvalue weighted by Gasteiger charge is 2.18. The Bertz CT molecular complexity index is 3080. The van der Waals surface area contributed by atoms with Crippen molar-refractivity contribution >= 4 is 65.6 Å². The lowest BCUT2D eigenvalue weighted by Crippen LogP contribution is -1.92. The van der Waals surface area contributed by atoms with E-state index in [1.54, 1.807) is 0 Å². The molecule has 4 heteroatoms. The summed E-state index contributed by atoms with van der Waals surface area (Å²) in [6.07, 6.45) is 0. The van der Waals surface area contributed by atoms with Crippen LogP contribution in [0.2, 0.25) is 0 Å². The van der Waals surface area contributed by atoms with Gasteiger partial charge in [0.2, 0.25) is 0 Å². The first kappa shape index (κ1) is 28.7. The second-order valence-corrected chi connectivity index (χ2v) is 12.9. The normalized spacial score (nSPS) is 11.5. The van der Waals surface area contributed by atoms with Gasteiger partial charge in [0.15, 0.2) is 5.69 Å². The predicted octanol–water partition coefficient (Wildman–Crippen LogP) is 12.5. The lowest BCUT2D eigenvalue weighted by molar-refractivity contribution is 1.32. The summed E-state index contributed by atoms with van der Waals surface area (Å²) in [5.41, 5.74) is 12.0. The van der Waals surface area contributed by atoms with E-state index in [1.165, 1.54) is 32.7 Å². The SMILES string of the molecule is [C-]#[N+]c1ccc2c3cc(-c4ccc(-c5c6ccccc6c(-c6ccc(C#N)cc6)c6ccccc56)cc4)ccc3c3nc4ccccc4n3c2c1. The zero-order valence-corrected chi connectivity index (χ0v) is 27.3. The summed E-state index contributed by atoms with van der Waals surface area (Å²) in [6, 6.07) is 57.1. The van der Waals surface area contributed by atoms with E-state index in [0.717, 1.165) is 60.6 Å². The third kappa shape index (κ3) is 4.34. The van der Waals surface area contributed by atoms with Gasteiger partial charge in [-0.05, 0) is 103 Å². The van der Waals surface area contributed by atoms with Gasteiger partial charge >= 0.3 is 0 Å². The monoisotopic (exact) mass is 646 g/mol. The van der Waals surface area contributed by atoms with Crippen molar-refractivity contribution in [3.8, 4) is 39.4 Å². The minimum Gasteiger partial charge on any atom is -0.293 e. The molecule has 10 aromatic rings. The van der Waals surface area contributed by atoms with E-state index < -0.39 is 0 Å². The zero-order valence-electron chi connectivity index (χ0n) is 27.3. The van der Waals surface area contributed by atoms with E-state index in [9.17, 15) is 5.26 Å². The number of hydrogen-bond donors (Lipinski definition) is 0. The molecule has 0 atom stereocenters. The highest BCUT2D eigenvalue weighted by molar-refractivity contribution is 6.21. The van der Waals surface area contributed by atoms with E-state index in [2.05, 4.69) is 131 Å². The maximum Gasteiger partial charge on any atom is 0.189 e. The molecule has 0 fully saturated rings. The van der Waals surface area contributed by atoms with Crippen LogP contribution in [-0.2, 0) is 0 Å². The van der Waals surface area contributed by atoms with Crippen molar-refractivity contribution in [2.45, 2.75) is 0 Å². The maximum absolute atomic E-state index is 9.40. The third-order valence-electron chi connectivity index (χ3n) is 10.2. The van der Waals surface area contributed by atoms with Gasteiger partial charge in [-0.2, -0.15) is 5.26 Å². The van der Waals surface area contributed by atoms with Gasteiger partial charge in [-0.3, -0.25) is 4.40 Å². The van der Waals surface area contributed by atoms with Crippen LogP contribution in [0.1, 0.15) is 5.56 Å². The van der Waals surface area contributed by atoms with Crippen LogP contribution in [-0.4, -0.2) is 9.38 Å². The average Bonchev–Trinajstić information content (AvgIpc) is 3.60. The van der Waals surface area contributed by atoms with Crippen molar-refractivity contribution in [3.05, 3.63) is 175 Å². The fraction of sp³-hybridized carbons (Fsp3) is 0. The molecule has 0 saturated carbocycles. The molecule has 51 heavy (non-hydrogen) atoms. The molecule has 0 unspecified atom stereocenters. The molecule has 0 saturated heterocycles. The highest BCUT2D eigenvalue weighted by Crippen LogP contribution is 2.44. The molecule has 0 radical (unpaired) electrons. The molecule has 0 amide bonds. The zero-order chi connectivity index (χ0) is 34.1. The fourth-order valence-electron chi connectivity index (χ4n) is 7.89. The highest BCUT2D eigenvalue weighted by atomic mass is 15.0. The Kier molecular flexibility index (Phi) is 6.27. The summed E-state index contributed by atoms with van der Waals surface area (Å²) in [5.74, 6) is 0. The van der Waals surface area contributed by atoms with Gasteiger partial charge in [-0.15, -0.1) is 0 Å². The van der Waals surface area contributed by atoms with E-state index in [4.69, 9.17) is 11.6 Å². The van der Waals surface area contributed by atoms with Crippen molar-refractivity contribution in [2.75, 3.05) is 0 Å². The van der Waals surface area contributed by atoms with Gasteiger partial charge in [0.25, 0.3) is 0 Å². The van der Waals surface area contributed by atoms with Gasteiger partial charge in [0.1, 0.15) is 5.65 Å². The van der Waals surface area contributed by atoms with Gasteiger partial charge in [-0.25, -0.2) is 9.83 Å². The lowest BCUT2D eigenvalue weighted by atomic mass is 9.85. The van der Waals surface area contributed by atoms with E-state index >= 15 is 0 Å². The number of imidazole rings is 1. The number of nitrogens with zero attached hydrogens (tertiary/aromatic N) is 4. The minimum atomic E-state index is 0.609. The Morgan fingerprint density at radius 2 is 1.04 bits per heavy atom. The average molecular weight is 647 g/mol. The van der Waals surface area contributed by atoms with Crippen LogP contribution in [0.4, 0.5) is 5.69 Å². The summed E-state index contributed by atoms with van der Waals surface area (Å²) < 4.78 is 2.19. The number of nitriles is 1. The van der Waals surface area contributed by atoms with Gasteiger partial charge in [0.05, 0.1) is 29.2 Å². The molecule has 10 rings (SSSR count). The molecule has 4 nitrogen and oxygen atoms in total. The number of pyridine rings is 1. The first-order valence-corrected chi connectivity index (χ1v) is 16.9. The van der Waals surface area contributed by atoms with Gasteiger partial charge in [0, 0.05) is 16.3 Å².